The number of fused-ring (bicyclic) bond motifs is 1. The molecule has 1 heterocycles. The van der Waals surface area contributed by atoms with Crippen molar-refractivity contribution < 1.29 is 9.47 Å². The lowest BCUT2D eigenvalue weighted by molar-refractivity contribution is 0.174. The molecule has 3 nitrogen and oxygen atoms in total. The molecule has 1 aliphatic rings. The van der Waals surface area contributed by atoms with E-state index in [4.69, 9.17) is 9.47 Å². The van der Waals surface area contributed by atoms with Gasteiger partial charge in [-0.15, -0.1) is 0 Å². The van der Waals surface area contributed by atoms with Crippen molar-refractivity contribution in [1.29, 1.82) is 0 Å². The normalized spacial score (nSPS) is 13.2. The van der Waals surface area contributed by atoms with E-state index in [9.17, 15) is 0 Å². The first-order chi connectivity index (χ1) is 7.31. The van der Waals surface area contributed by atoms with Crippen molar-refractivity contribution in [3.8, 4) is 11.5 Å². The van der Waals surface area contributed by atoms with Gasteiger partial charge in [-0.1, -0.05) is 15.9 Å². The van der Waals surface area contributed by atoms with Crippen molar-refractivity contribution in [3.05, 3.63) is 23.3 Å². The van der Waals surface area contributed by atoms with Crippen LogP contribution in [0.1, 0.15) is 11.1 Å². The maximum atomic E-state index is 5.35. The van der Waals surface area contributed by atoms with Crippen LogP contribution in [-0.2, 0) is 6.42 Å². The van der Waals surface area contributed by atoms with Gasteiger partial charge >= 0.3 is 0 Å². The molecule has 0 saturated carbocycles. The number of alkyl halides is 1. The molecule has 1 N–H and O–H groups in total. The van der Waals surface area contributed by atoms with Crippen molar-refractivity contribution in [2.75, 3.05) is 18.8 Å². The fourth-order valence-electron chi connectivity index (χ4n) is 1.64. The Morgan fingerprint density at radius 2 is 2.07 bits per heavy atom. The molecule has 82 valence electrons. The SMILES string of the molecule is Cc1cc2c(cc1CCNCBr)OCO2. The van der Waals surface area contributed by atoms with Crippen LogP contribution in [0.3, 0.4) is 0 Å². The van der Waals surface area contributed by atoms with E-state index in [2.05, 4.69) is 34.2 Å². The third kappa shape index (κ3) is 2.44. The number of aryl methyl sites for hydroxylation is 1. The average molecular weight is 272 g/mol. The monoisotopic (exact) mass is 271 g/mol. The number of rotatable bonds is 4. The smallest absolute Gasteiger partial charge is 0.231 e. The Hall–Kier alpha value is -0.740. The molecule has 0 aromatic heterocycles. The molecule has 0 radical (unpaired) electrons. The van der Waals surface area contributed by atoms with Gasteiger partial charge in [0.05, 0.1) is 5.45 Å². The predicted octanol–water partition coefficient (Wildman–Crippen LogP) is 2.21. The summed E-state index contributed by atoms with van der Waals surface area (Å²) in [6.07, 6.45) is 1.01. The van der Waals surface area contributed by atoms with Crippen LogP contribution in [0.4, 0.5) is 0 Å². The van der Waals surface area contributed by atoms with E-state index in [1.54, 1.807) is 0 Å². The van der Waals surface area contributed by atoms with E-state index >= 15 is 0 Å². The molecule has 4 heteroatoms. The maximum Gasteiger partial charge on any atom is 0.231 e. The molecule has 0 saturated heterocycles. The van der Waals surface area contributed by atoms with Crippen molar-refractivity contribution in [2.24, 2.45) is 0 Å². The predicted molar refractivity (Wildman–Crippen MR) is 62.8 cm³/mol. The molecule has 0 spiro atoms. The molecule has 0 atom stereocenters. The molecule has 0 fully saturated rings. The highest BCUT2D eigenvalue weighted by Gasteiger charge is 2.15. The average Bonchev–Trinajstić information content (AvgIpc) is 2.65. The Labute approximate surface area is 97.9 Å². The Morgan fingerprint density at radius 1 is 1.33 bits per heavy atom. The maximum absolute atomic E-state index is 5.35. The van der Waals surface area contributed by atoms with E-state index in [1.807, 2.05) is 6.07 Å². The minimum Gasteiger partial charge on any atom is -0.454 e. The van der Waals surface area contributed by atoms with Crippen molar-refractivity contribution in [2.45, 2.75) is 13.3 Å². The van der Waals surface area contributed by atoms with E-state index < -0.39 is 0 Å². The van der Waals surface area contributed by atoms with Crippen LogP contribution in [0, 0.1) is 6.92 Å². The fourth-order valence-corrected chi connectivity index (χ4v) is 1.93. The molecule has 0 unspecified atom stereocenters. The largest absolute Gasteiger partial charge is 0.454 e. The number of hydrogen-bond acceptors (Lipinski definition) is 3. The third-order valence-electron chi connectivity index (χ3n) is 2.50. The van der Waals surface area contributed by atoms with Crippen LogP contribution in [0.15, 0.2) is 12.1 Å². The number of halogens is 1. The molecule has 0 bridgehead atoms. The summed E-state index contributed by atoms with van der Waals surface area (Å²) in [5.41, 5.74) is 3.40. The highest BCUT2D eigenvalue weighted by molar-refractivity contribution is 9.09. The number of hydrogen-bond donors (Lipinski definition) is 1. The van der Waals surface area contributed by atoms with Gasteiger partial charge in [0.25, 0.3) is 0 Å². The lowest BCUT2D eigenvalue weighted by atomic mass is 10.0. The van der Waals surface area contributed by atoms with Crippen LogP contribution in [0.5, 0.6) is 11.5 Å². The zero-order valence-electron chi connectivity index (χ0n) is 8.68. The quantitative estimate of drug-likeness (QED) is 0.518. The summed E-state index contributed by atoms with van der Waals surface area (Å²) in [4.78, 5) is 0. The van der Waals surface area contributed by atoms with E-state index in [0.29, 0.717) is 6.79 Å². The van der Waals surface area contributed by atoms with Gasteiger partial charge in [0.1, 0.15) is 0 Å². The molecule has 2 rings (SSSR count). The van der Waals surface area contributed by atoms with Gasteiger partial charge in [-0.3, -0.25) is 0 Å². The highest BCUT2D eigenvalue weighted by Crippen LogP contribution is 2.34. The Kier molecular flexibility index (Phi) is 3.49. The topological polar surface area (TPSA) is 30.5 Å². The molecule has 15 heavy (non-hydrogen) atoms. The molecule has 0 amide bonds. The summed E-state index contributed by atoms with van der Waals surface area (Å²) in [7, 11) is 0. The minimum absolute atomic E-state index is 0.345. The third-order valence-corrected chi connectivity index (χ3v) is 2.89. The second-order valence-corrected chi connectivity index (χ2v) is 4.08. The standard InChI is InChI=1S/C11H14BrNO2/c1-8-4-10-11(15-7-14-10)5-9(8)2-3-13-6-12/h4-5,13H,2-3,6-7H2,1H3. The number of ether oxygens (including phenoxy) is 2. The molecule has 0 aliphatic carbocycles. The van der Waals surface area contributed by atoms with E-state index in [0.717, 1.165) is 29.9 Å². The lowest BCUT2D eigenvalue weighted by Gasteiger charge is -2.07. The van der Waals surface area contributed by atoms with Crippen LogP contribution >= 0.6 is 15.9 Å². The van der Waals surface area contributed by atoms with Crippen LogP contribution in [0.25, 0.3) is 0 Å². The summed E-state index contributed by atoms with van der Waals surface area (Å²) in [5.74, 6) is 1.74. The zero-order valence-corrected chi connectivity index (χ0v) is 10.3. The highest BCUT2D eigenvalue weighted by atomic mass is 79.9. The lowest BCUT2D eigenvalue weighted by Crippen LogP contribution is -2.14. The molecular formula is C11H14BrNO2. The van der Waals surface area contributed by atoms with Gasteiger partial charge in [-0.2, -0.15) is 0 Å². The van der Waals surface area contributed by atoms with Gasteiger partial charge in [0.15, 0.2) is 11.5 Å². The van der Waals surface area contributed by atoms with Crippen molar-refractivity contribution in [3.63, 3.8) is 0 Å². The van der Waals surface area contributed by atoms with Gasteiger partial charge in [-0.25, -0.2) is 0 Å². The Morgan fingerprint density at radius 3 is 2.80 bits per heavy atom. The van der Waals surface area contributed by atoms with Gasteiger partial charge in [0.2, 0.25) is 6.79 Å². The van der Waals surface area contributed by atoms with Crippen molar-refractivity contribution in [1.82, 2.24) is 5.32 Å². The molecular weight excluding hydrogens is 258 g/mol. The first-order valence-electron chi connectivity index (χ1n) is 4.97. The van der Waals surface area contributed by atoms with E-state index in [-0.39, 0.29) is 0 Å². The Balaban J connectivity index is 2.10. The number of benzene rings is 1. The summed E-state index contributed by atoms with van der Waals surface area (Å²) in [6, 6.07) is 4.12. The summed E-state index contributed by atoms with van der Waals surface area (Å²) >= 11 is 3.34. The van der Waals surface area contributed by atoms with E-state index in [1.165, 1.54) is 11.1 Å². The first-order valence-corrected chi connectivity index (χ1v) is 6.09. The first kappa shape index (κ1) is 10.8. The van der Waals surface area contributed by atoms with Crippen molar-refractivity contribution >= 4 is 15.9 Å². The van der Waals surface area contributed by atoms with Crippen LogP contribution in [-0.4, -0.2) is 18.8 Å². The molecule has 1 aromatic carbocycles. The van der Waals surface area contributed by atoms with Crippen LogP contribution in [0.2, 0.25) is 0 Å². The zero-order chi connectivity index (χ0) is 10.7. The fraction of sp³-hybridized carbons (Fsp3) is 0.455. The summed E-state index contributed by atoms with van der Waals surface area (Å²) in [6.45, 7) is 3.41. The second kappa shape index (κ2) is 4.86. The van der Waals surface area contributed by atoms with Gasteiger partial charge in [0, 0.05) is 0 Å². The summed E-state index contributed by atoms with van der Waals surface area (Å²) < 4.78 is 10.7. The van der Waals surface area contributed by atoms with Gasteiger partial charge < -0.3 is 14.8 Å². The van der Waals surface area contributed by atoms with Crippen LogP contribution < -0.4 is 14.8 Å². The van der Waals surface area contributed by atoms with Gasteiger partial charge in [-0.05, 0) is 43.1 Å². The molecule has 1 aliphatic heterocycles. The molecule has 1 aromatic rings. The minimum atomic E-state index is 0.345. The Bertz CT molecular complexity index is 355. The summed E-state index contributed by atoms with van der Waals surface area (Å²) in [5, 5.41) is 3.24. The number of nitrogens with one attached hydrogen (secondary N) is 1. The second-order valence-electron chi connectivity index (χ2n) is 3.52.